The molecule has 1 aromatic rings. The Morgan fingerprint density at radius 3 is 2.53 bits per heavy atom. The zero-order valence-corrected chi connectivity index (χ0v) is 12.3. The third-order valence-electron chi connectivity index (χ3n) is 3.13. The first kappa shape index (κ1) is 15.5. The number of hydrogen-bond donors (Lipinski definition) is 1. The van der Waals surface area contributed by atoms with E-state index in [1.807, 2.05) is 32.9 Å². The minimum absolute atomic E-state index is 0.0164. The topological polar surface area (TPSA) is 49.8 Å². The van der Waals surface area contributed by atoms with Crippen molar-refractivity contribution in [2.75, 3.05) is 13.7 Å². The van der Waals surface area contributed by atoms with Crippen molar-refractivity contribution in [1.29, 1.82) is 0 Å². The Morgan fingerprint density at radius 2 is 2.00 bits per heavy atom. The van der Waals surface area contributed by atoms with E-state index in [0.29, 0.717) is 11.3 Å². The maximum Gasteiger partial charge on any atom is 0.260 e. The molecule has 1 atom stereocenters. The number of rotatable bonds is 5. The standard InChI is InChI=1S/C15H23NO3/c1-10(2)16(5)15(18)9-19-14-7-6-11(3)8-13(14)12(4)17/h6-8,10,12,17H,9H2,1-5H3/t12-/m1/s1. The molecule has 0 radical (unpaired) electrons. The number of aryl methyl sites for hydroxylation is 1. The maximum absolute atomic E-state index is 11.8. The highest BCUT2D eigenvalue weighted by molar-refractivity contribution is 5.77. The highest BCUT2D eigenvalue weighted by Gasteiger charge is 2.15. The van der Waals surface area contributed by atoms with Crippen LogP contribution in [0.3, 0.4) is 0 Å². The van der Waals surface area contributed by atoms with E-state index in [4.69, 9.17) is 4.74 Å². The molecule has 1 amide bonds. The van der Waals surface area contributed by atoms with Gasteiger partial charge in [-0.05, 0) is 39.8 Å². The van der Waals surface area contributed by atoms with Gasteiger partial charge in [0.1, 0.15) is 5.75 Å². The highest BCUT2D eigenvalue weighted by Crippen LogP contribution is 2.26. The minimum atomic E-state index is -0.618. The van der Waals surface area contributed by atoms with Crippen molar-refractivity contribution in [2.45, 2.75) is 39.8 Å². The van der Waals surface area contributed by atoms with Gasteiger partial charge < -0.3 is 14.7 Å². The van der Waals surface area contributed by atoms with Crippen LogP contribution in [-0.4, -0.2) is 35.6 Å². The summed E-state index contributed by atoms with van der Waals surface area (Å²) in [6.45, 7) is 7.52. The van der Waals surface area contributed by atoms with Gasteiger partial charge in [0, 0.05) is 18.7 Å². The van der Waals surface area contributed by atoms with Crippen molar-refractivity contribution in [1.82, 2.24) is 4.90 Å². The summed E-state index contributed by atoms with van der Waals surface area (Å²) in [5.41, 5.74) is 1.76. The molecule has 1 N–H and O–H groups in total. The monoisotopic (exact) mass is 265 g/mol. The average Bonchev–Trinajstić information content (AvgIpc) is 2.35. The second-order valence-corrected chi connectivity index (χ2v) is 5.10. The predicted octanol–water partition coefficient (Wildman–Crippen LogP) is 2.29. The third-order valence-corrected chi connectivity index (χ3v) is 3.13. The normalized spacial score (nSPS) is 12.4. The molecule has 0 saturated heterocycles. The van der Waals surface area contributed by atoms with Crippen LogP contribution in [0.4, 0.5) is 0 Å². The summed E-state index contributed by atoms with van der Waals surface area (Å²) in [5, 5.41) is 9.72. The van der Waals surface area contributed by atoms with E-state index in [0.717, 1.165) is 5.56 Å². The molecule has 4 nitrogen and oxygen atoms in total. The Labute approximate surface area is 115 Å². The van der Waals surface area contributed by atoms with Crippen molar-refractivity contribution in [3.05, 3.63) is 29.3 Å². The zero-order valence-electron chi connectivity index (χ0n) is 12.3. The molecule has 4 heteroatoms. The zero-order chi connectivity index (χ0) is 14.6. The van der Waals surface area contributed by atoms with Gasteiger partial charge in [-0.1, -0.05) is 11.6 Å². The summed E-state index contributed by atoms with van der Waals surface area (Å²) < 4.78 is 5.54. The molecular formula is C15H23NO3. The van der Waals surface area contributed by atoms with Crippen LogP contribution in [0.5, 0.6) is 5.75 Å². The van der Waals surface area contributed by atoms with Gasteiger partial charge in [0.25, 0.3) is 5.91 Å². The summed E-state index contributed by atoms with van der Waals surface area (Å²) in [7, 11) is 1.75. The second-order valence-electron chi connectivity index (χ2n) is 5.10. The molecule has 0 heterocycles. The van der Waals surface area contributed by atoms with Crippen molar-refractivity contribution in [3.8, 4) is 5.75 Å². The SMILES string of the molecule is Cc1ccc(OCC(=O)N(C)C(C)C)c([C@@H](C)O)c1. The van der Waals surface area contributed by atoms with Crippen LogP contribution in [0, 0.1) is 6.92 Å². The number of nitrogens with zero attached hydrogens (tertiary/aromatic N) is 1. The Hall–Kier alpha value is -1.55. The van der Waals surface area contributed by atoms with Gasteiger partial charge >= 0.3 is 0 Å². The van der Waals surface area contributed by atoms with Gasteiger partial charge in [0.2, 0.25) is 0 Å². The number of carbonyl (C=O) groups excluding carboxylic acids is 1. The van der Waals surface area contributed by atoms with E-state index in [2.05, 4.69) is 0 Å². The van der Waals surface area contributed by atoms with E-state index in [1.165, 1.54) is 0 Å². The summed E-state index contributed by atoms with van der Waals surface area (Å²) in [4.78, 5) is 13.5. The van der Waals surface area contributed by atoms with Crippen LogP contribution in [-0.2, 0) is 4.79 Å². The Morgan fingerprint density at radius 1 is 1.37 bits per heavy atom. The molecule has 19 heavy (non-hydrogen) atoms. The summed E-state index contributed by atoms with van der Waals surface area (Å²) in [6, 6.07) is 5.71. The Bertz CT molecular complexity index is 441. The van der Waals surface area contributed by atoms with Gasteiger partial charge in [-0.3, -0.25) is 4.79 Å². The summed E-state index contributed by atoms with van der Waals surface area (Å²) in [6.07, 6.45) is -0.618. The molecule has 0 aliphatic carbocycles. The van der Waals surface area contributed by atoms with Gasteiger partial charge in [-0.15, -0.1) is 0 Å². The van der Waals surface area contributed by atoms with Crippen molar-refractivity contribution in [2.24, 2.45) is 0 Å². The molecule has 0 saturated carbocycles. The van der Waals surface area contributed by atoms with Crippen LogP contribution < -0.4 is 4.74 Å². The van der Waals surface area contributed by atoms with Crippen LogP contribution in [0.15, 0.2) is 18.2 Å². The molecule has 106 valence electrons. The molecule has 0 fully saturated rings. The number of likely N-dealkylation sites (N-methyl/N-ethyl adjacent to an activating group) is 1. The minimum Gasteiger partial charge on any atom is -0.483 e. The summed E-state index contributed by atoms with van der Waals surface area (Å²) in [5.74, 6) is 0.484. The fourth-order valence-corrected chi connectivity index (χ4v) is 1.66. The first-order chi connectivity index (χ1) is 8.82. The van der Waals surface area contributed by atoms with Crippen molar-refractivity contribution in [3.63, 3.8) is 0 Å². The number of amides is 1. The lowest BCUT2D eigenvalue weighted by molar-refractivity contribution is -0.133. The molecule has 0 unspecified atom stereocenters. The lowest BCUT2D eigenvalue weighted by atomic mass is 10.1. The number of aliphatic hydroxyl groups is 1. The molecule has 0 bridgehead atoms. The lowest BCUT2D eigenvalue weighted by Gasteiger charge is -2.22. The first-order valence-electron chi connectivity index (χ1n) is 6.50. The summed E-state index contributed by atoms with van der Waals surface area (Å²) >= 11 is 0. The van der Waals surface area contributed by atoms with Crippen LogP contribution in [0.25, 0.3) is 0 Å². The van der Waals surface area contributed by atoms with Gasteiger partial charge in [0.05, 0.1) is 6.10 Å². The van der Waals surface area contributed by atoms with E-state index in [9.17, 15) is 9.90 Å². The number of ether oxygens (including phenoxy) is 1. The molecule has 0 aliphatic heterocycles. The number of aliphatic hydroxyl groups excluding tert-OH is 1. The number of benzene rings is 1. The van der Waals surface area contributed by atoms with E-state index in [1.54, 1.807) is 24.9 Å². The highest BCUT2D eigenvalue weighted by atomic mass is 16.5. The van der Waals surface area contributed by atoms with Gasteiger partial charge in [-0.25, -0.2) is 0 Å². The molecule has 0 aromatic heterocycles. The van der Waals surface area contributed by atoms with E-state index >= 15 is 0 Å². The van der Waals surface area contributed by atoms with Crippen molar-refractivity contribution >= 4 is 5.91 Å². The largest absolute Gasteiger partial charge is 0.483 e. The van der Waals surface area contributed by atoms with Gasteiger partial charge in [-0.2, -0.15) is 0 Å². The Balaban J connectivity index is 2.75. The molecular weight excluding hydrogens is 242 g/mol. The average molecular weight is 265 g/mol. The van der Waals surface area contributed by atoms with E-state index < -0.39 is 6.10 Å². The van der Waals surface area contributed by atoms with Crippen LogP contribution in [0.2, 0.25) is 0 Å². The maximum atomic E-state index is 11.8. The molecule has 0 aliphatic rings. The van der Waals surface area contributed by atoms with Crippen LogP contribution in [0.1, 0.15) is 38.0 Å². The second kappa shape index (κ2) is 6.57. The van der Waals surface area contributed by atoms with Gasteiger partial charge in [0.15, 0.2) is 6.61 Å². The molecule has 1 aromatic carbocycles. The molecule has 1 rings (SSSR count). The van der Waals surface area contributed by atoms with E-state index in [-0.39, 0.29) is 18.6 Å². The van der Waals surface area contributed by atoms with Crippen LogP contribution >= 0.6 is 0 Å². The lowest BCUT2D eigenvalue weighted by Crippen LogP contribution is -2.36. The smallest absolute Gasteiger partial charge is 0.260 e. The number of carbonyl (C=O) groups is 1. The molecule has 0 spiro atoms. The first-order valence-corrected chi connectivity index (χ1v) is 6.50. The Kier molecular flexibility index (Phi) is 5.36. The quantitative estimate of drug-likeness (QED) is 0.888. The fraction of sp³-hybridized carbons (Fsp3) is 0.533. The van der Waals surface area contributed by atoms with Crippen molar-refractivity contribution < 1.29 is 14.6 Å². The fourth-order valence-electron chi connectivity index (χ4n) is 1.66. The predicted molar refractivity (Wildman–Crippen MR) is 75.2 cm³/mol. The number of hydrogen-bond acceptors (Lipinski definition) is 3. The third kappa shape index (κ3) is 4.24.